The maximum Gasteiger partial charge on any atom is 0.231 e. The zero-order chi connectivity index (χ0) is 18.9. The van der Waals surface area contributed by atoms with Crippen LogP contribution in [0.3, 0.4) is 0 Å². The Balaban J connectivity index is 0.00000280. The summed E-state index contributed by atoms with van der Waals surface area (Å²) in [5.74, 6) is 3.30. The van der Waals surface area contributed by atoms with Crippen molar-refractivity contribution in [2.24, 2.45) is 4.99 Å². The lowest BCUT2D eigenvalue weighted by Crippen LogP contribution is -2.37. The summed E-state index contributed by atoms with van der Waals surface area (Å²) >= 11 is 0. The molecule has 28 heavy (non-hydrogen) atoms. The summed E-state index contributed by atoms with van der Waals surface area (Å²) in [7, 11) is 1.68. The molecule has 0 unspecified atom stereocenters. The maximum absolute atomic E-state index is 5.42. The van der Waals surface area contributed by atoms with E-state index in [1.165, 1.54) is 5.56 Å². The number of halogens is 1. The lowest BCUT2D eigenvalue weighted by Gasteiger charge is -2.11. The van der Waals surface area contributed by atoms with E-state index in [2.05, 4.69) is 34.7 Å². The predicted octanol–water partition coefficient (Wildman–Crippen LogP) is 3.73. The third-order valence-electron chi connectivity index (χ3n) is 4.29. The van der Waals surface area contributed by atoms with Gasteiger partial charge in [-0.3, -0.25) is 0 Å². The van der Waals surface area contributed by atoms with Gasteiger partial charge in [-0.2, -0.15) is 0 Å². The van der Waals surface area contributed by atoms with Gasteiger partial charge in [0.05, 0.1) is 13.7 Å². The number of nitrogens with zero attached hydrogens (tertiary/aromatic N) is 1. The number of benzene rings is 2. The van der Waals surface area contributed by atoms with Crippen molar-refractivity contribution in [2.45, 2.75) is 26.3 Å². The quantitative estimate of drug-likeness (QED) is 0.252. The van der Waals surface area contributed by atoms with Gasteiger partial charge in [-0.1, -0.05) is 18.2 Å². The van der Waals surface area contributed by atoms with Gasteiger partial charge in [-0.15, -0.1) is 24.0 Å². The average molecular weight is 497 g/mol. The summed E-state index contributed by atoms with van der Waals surface area (Å²) in [4.78, 5) is 4.66. The van der Waals surface area contributed by atoms with Crippen LogP contribution in [0.4, 0.5) is 0 Å². The van der Waals surface area contributed by atoms with Crippen molar-refractivity contribution >= 4 is 29.9 Å². The van der Waals surface area contributed by atoms with Crippen LogP contribution in [0.5, 0.6) is 17.2 Å². The topological polar surface area (TPSA) is 64.1 Å². The molecule has 2 N–H and O–H groups in total. The van der Waals surface area contributed by atoms with Gasteiger partial charge in [-0.25, -0.2) is 4.99 Å². The molecule has 6 nitrogen and oxygen atoms in total. The first-order valence-corrected chi connectivity index (χ1v) is 9.32. The van der Waals surface area contributed by atoms with E-state index in [0.717, 1.165) is 54.7 Å². The van der Waals surface area contributed by atoms with Gasteiger partial charge in [0, 0.05) is 13.1 Å². The molecular weight excluding hydrogens is 469 g/mol. The van der Waals surface area contributed by atoms with E-state index in [0.29, 0.717) is 13.3 Å². The number of aryl methyl sites for hydroxylation is 1. The Morgan fingerprint density at radius 3 is 2.54 bits per heavy atom. The molecule has 0 aliphatic carbocycles. The molecule has 1 aliphatic rings. The van der Waals surface area contributed by atoms with Crippen molar-refractivity contribution in [3.63, 3.8) is 0 Å². The molecule has 0 atom stereocenters. The zero-order valence-electron chi connectivity index (χ0n) is 16.4. The van der Waals surface area contributed by atoms with Crippen LogP contribution in [0.15, 0.2) is 47.5 Å². The predicted molar refractivity (Wildman–Crippen MR) is 122 cm³/mol. The molecule has 2 aromatic rings. The summed E-state index contributed by atoms with van der Waals surface area (Å²) < 4.78 is 16.0. The lowest BCUT2D eigenvalue weighted by atomic mass is 10.1. The van der Waals surface area contributed by atoms with Crippen LogP contribution >= 0.6 is 24.0 Å². The fraction of sp³-hybridized carbons (Fsp3) is 0.381. The number of rotatable bonds is 8. The minimum Gasteiger partial charge on any atom is -0.497 e. The van der Waals surface area contributed by atoms with Crippen LogP contribution in [-0.2, 0) is 13.0 Å². The molecule has 7 heteroatoms. The van der Waals surface area contributed by atoms with Crippen molar-refractivity contribution in [1.29, 1.82) is 0 Å². The number of hydrogen-bond acceptors (Lipinski definition) is 4. The highest BCUT2D eigenvalue weighted by Gasteiger charge is 2.12. The molecule has 152 valence electrons. The van der Waals surface area contributed by atoms with E-state index in [4.69, 9.17) is 14.2 Å². The van der Waals surface area contributed by atoms with E-state index in [-0.39, 0.29) is 24.0 Å². The van der Waals surface area contributed by atoms with Crippen LogP contribution in [0.1, 0.15) is 24.5 Å². The van der Waals surface area contributed by atoms with Crippen molar-refractivity contribution < 1.29 is 14.2 Å². The van der Waals surface area contributed by atoms with Gasteiger partial charge in [0.1, 0.15) is 5.75 Å². The SMILES string of the molecule is CCNC(=NCc1ccc2c(c1)OCO2)NCCCc1ccc(OC)cc1.I. The molecule has 0 spiro atoms. The summed E-state index contributed by atoms with van der Waals surface area (Å²) in [5.41, 5.74) is 2.40. The highest BCUT2D eigenvalue weighted by atomic mass is 127. The summed E-state index contributed by atoms with van der Waals surface area (Å²) in [5, 5.41) is 6.68. The Hall–Kier alpha value is -2.16. The van der Waals surface area contributed by atoms with Crippen molar-refractivity contribution in [3.8, 4) is 17.2 Å². The second-order valence-electron chi connectivity index (χ2n) is 6.26. The smallest absolute Gasteiger partial charge is 0.231 e. The first-order chi connectivity index (χ1) is 13.3. The molecular formula is C21H28IN3O3. The number of nitrogens with one attached hydrogen (secondary N) is 2. The number of guanidine groups is 1. The monoisotopic (exact) mass is 497 g/mol. The van der Waals surface area contributed by atoms with Gasteiger partial charge in [0.25, 0.3) is 0 Å². The van der Waals surface area contributed by atoms with Gasteiger partial charge >= 0.3 is 0 Å². The Kier molecular flexibility index (Phi) is 9.19. The van der Waals surface area contributed by atoms with Gasteiger partial charge < -0.3 is 24.8 Å². The van der Waals surface area contributed by atoms with Gasteiger partial charge in [0.2, 0.25) is 6.79 Å². The second-order valence-corrected chi connectivity index (χ2v) is 6.26. The molecule has 0 saturated heterocycles. The zero-order valence-corrected chi connectivity index (χ0v) is 18.7. The Labute approximate surface area is 183 Å². The maximum atomic E-state index is 5.42. The molecule has 0 fully saturated rings. The molecule has 0 radical (unpaired) electrons. The molecule has 0 bridgehead atoms. The molecule has 3 rings (SSSR count). The Morgan fingerprint density at radius 1 is 1.04 bits per heavy atom. The first-order valence-electron chi connectivity index (χ1n) is 9.32. The van der Waals surface area contributed by atoms with E-state index in [9.17, 15) is 0 Å². The first kappa shape index (κ1) is 22.1. The lowest BCUT2D eigenvalue weighted by molar-refractivity contribution is 0.174. The van der Waals surface area contributed by atoms with Crippen molar-refractivity contribution in [1.82, 2.24) is 10.6 Å². The van der Waals surface area contributed by atoms with Gasteiger partial charge in [0.15, 0.2) is 17.5 Å². The molecule has 2 aromatic carbocycles. The number of fused-ring (bicyclic) bond motifs is 1. The number of aliphatic imine (C=N–C) groups is 1. The number of ether oxygens (including phenoxy) is 3. The Bertz CT molecular complexity index is 766. The largest absolute Gasteiger partial charge is 0.497 e. The third-order valence-corrected chi connectivity index (χ3v) is 4.29. The Morgan fingerprint density at radius 2 is 1.79 bits per heavy atom. The minimum absolute atomic E-state index is 0. The molecule has 0 amide bonds. The summed E-state index contributed by atoms with van der Waals surface area (Å²) in [6.45, 7) is 4.63. The molecule has 1 aliphatic heterocycles. The normalized spacial score (nSPS) is 12.3. The summed E-state index contributed by atoms with van der Waals surface area (Å²) in [6, 6.07) is 14.2. The van der Waals surface area contributed by atoms with Crippen LogP contribution in [0, 0.1) is 0 Å². The van der Waals surface area contributed by atoms with Crippen LogP contribution in [0.25, 0.3) is 0 Å². The molecule has 0 saturated carbocycles. The highest BCUT2D eigenvalue weighted by molar-refractivity contribution is 14.0. The number of hydrogen-bond donors (Lipinski definition) is 2. The van der Waals surface area contributed by atoms with Crippen LogP contribution < -0.4 is 24.8 Å². The minimum atomic E-state index is 0. The number of methoxy groups -OCH3 is 1. The fourth-order valence-corrected chi connectivity index (χ4v) is 2.84. The van der Waals surface area contributed by atoms with Gasteiger partial charge in [-0.05, 0) is 55.2 Å². The van der Waals surface area contributed by atoms with E-state index in [1.807, 2.05) is 30.3 Å². The van der Waals surface area contributed by atoms with E-state index in [1.54, 1.807) is 7.11 Å². The van der Waals surface area contributed by atoms with Crippen LogP contribution in [-0.4, -0.2) is 33.0 Å². The fourth-order valence-electron chi connectivity index (χ4n) is 2.84. The second kappa shape index (κ2) is 11.6. The summed E-state index contributed by atoms with van der Waals surface area (Å²) in [6.07, 6.45) is 2.04. The average Bonchev–Trinajstić information content (AvgIpc) is 3.17. The molecule has 1 heterocycles. The third kappa shape index (κ3) is 6.47. The van der Waals surface area contributed by atoms with Crippen molar-refractivity contribution in [3.05, 3.63) is 53.6 Å². The standard InChI is InChI=1S/C21H27N3O3.HI/c1-3-22-21(23-12-4-5-16-6-9-18(25-2)10-7-16)24-14-17-8-11-19-20(13-17)27-15-26-19;/h6-11,13H,3-5,12,14-15H2,1-2H3,(H2,22,23,24);1H. The van der Waals surface area contributed by atoms with Crippen LogP contribution in [0.2, 0.25) is 0 Å². The van der Waals surface area contributed by atoms with E-state index >= 15 is 0 Å². The molecule has 0 aromatic heterocycles. The highest BCUT2D eigenvalue weighted by Crippen LogP contribution is 2.32. The van der Waals surface area contributed by atoms with Crippen molar-refractivity contribution in [2.75, 3.05) is 27.0 Å². The van der Waals surface area contributed by atoms with E-state index < -0.39 is 0 Å².